The predicted molar refractivity (Wildman–Crippen MR) is 140 cm³/mol. The summed E-state index contributed by atoms with van der Waals surface area (Å²) in [5, 5.41) is 21.0. The molecule has 38 heavy (non-hydrogen) atoms. The van der Waals surface area contributed by atoms with Gasteiger partial charge in [-0.3, -0.25) is 14.5 Å². The van der Waals surface area contributed by atoms with Gasteiger partial charge in [0.2, 0.25) is 5.91 Å². The number of fused-ring (bicyclic) bond motifs is 2. The molecule has 3 saturated heterocycles. The lowest BCUT2D eigenvalue weighted by Gasteiger charge is -2.34. The third kappa shape index (κ3) is 4.01. The second-order valence-electron chi connectivity index (χ2n) is 11.3. The van der Waals surface area contributed by atoms with Crippen LogP contribution in [0.2, 0.25) is 0 Å². The Morgan fingerprint density at radius 1 is 1.29 bits per heavy atom. The molecule has 0 saturated carbocycles. The number of hydrogen-bond donors (Lipinski definition) is 2. The quantitative estimate of drug-likeness (QED) is 0.522. The normalized spacial score (nSPS) is 30.9. The Kier molecular flexibility index (Phi) is 6.77. The van der Waals surface area contributed by atoms with Crippen molar-refractivity contribution in [2.45, 2.75) is 63.4 Å². The zero-order valence-electron chi connectivity index (χ0n) is 22.3. The lowest BCUT2D eigenvalue weighted by molar-refractivity contribution is -0.150. The van der Waals surface area contributed by atoms with E-state index in [9.17, 15) is 24.6 Å². The smallest absolute Gasteiger partial charge is 0.414 e. The van der Waals surface area contributed by atoms with Crippen LogP contribution in [-0.2, 0) is 24.7 Å². The van der Waals surface area contributed by atoms with Gasteiger partial charge >= 0.3 is 6.09 Å². The largest absolute Gasteiger partial charge is 0.447 e. The average Bonchev–Trinajstić information content (AvgIpc) is 3.62. The number of anilines is 2. The minimum absolute atomic E-state index is 0.0144. The molecule has 4 aliphatic rings. The van der Waals surface area contributed by atoms with Crippen molar-refractivity contribution in [3.63, 3.8) is 0 Å². The van der Waals surface area contributed by atoms with Gasteiger partial charge in [-0.25, -0.2) is 4.79 Å². The van der Waals surface area contributed by atoms with Crippen LogP contribution < -0.4 is 9.80 Å². The Morgan fingerprint density at radius 3 is 2.68 bits per heavy atom. The van der Waals surface area contributed by atoms with Gasteiger partial charge < -0.3 is 29.5 Å². The molecular formula is C28H37N3O7. The maximum Gasteiger partial charge on any atom is 0.414 e. The number of likely N-dealkylation sites (tertiary alicyclic amines) is 1. The molecule has 206 valence electrons. The van der Waals surface area contributed by atoms with Crippen LogP contribution in [0.25, 0.3) is 0 Å². The van der Waals surface area contributed by atoms with E-state index in [2.05, 4.69) is 6.58 Å². The highest BCUT2D eigenvalue weighted by Gasteiger charge is 2.66. The highest BCUT2D eigenvalue weighted by Crippen LogP contribution is 2.58. The summed E-state index contributed by atoms with van der Waals surface area (Å²) in [6.07, 6.45) is 2.00. The standard InChI is InChI=1S/C28H37N3O7/c1-5-10-31-21-9-8-18(30-12-13-37-26(30)35)14-20(21)28(25(31)34)17(2)24(27(3,4)36)22(38-28)15-23(33)29-11-6-7-19(29)16-32/h5,8-9,14,17,19,22,24,32,36H,1,6-7,10-13,15-16H2,2-4H3/t17-,19-,22+,24-,28+/m0/s1. The number of carbonyl (C=O) groups excluding carboxylic acids is 3. The van der Waals surface area contributed by atoms with E-state index in [0.29, 0.717) is 30.0 Å². The van der Waals surface area contributed by atoms with Crippen molar-refractivity contribution >= 4 is 29.3 Å². The average molecular weight is 528 g/mol. The Balaban J connectivity index is 1.57. The molecule has 10 heteroatoms. The van der Waals surface area contributed by atoms with Gasteiger partial charge in [-0.1, -0.05) is 13.0 Å². The molecule has 1 spiro atoms. The van der Waals surface area contributed by atoms with Crippen LogP contribution in [0.1, 0.15) is 45.6 Å². The molecule has 4 heterocycles. The van der Waals surface area contributed by atoms with E-state index in [0.717, 1.165) is 12.8 Å². The number of nitrogens with zero attached hydrogens (tertiary/aromatic N) is 3. The van der Waals surface area contributed by atoms with Crippen molar-refractivity contribution in [3.8, 4) is 0 Å². The van der Waals surface area contributed by atoms with Crippen molar-refractivity contribution in [1.82, 2.24) is 4.90 Å². The van der Waals surface area contributed by atoms with Crippen molar-refractivity contribution in [2.24, 2.45) is 11.8 Å². The van der Waals surface area contributed by atoms with Crippen LogP contribution in [0.5, 0.6) is 0 Å². The Hall–Kier alpha value is -2.95. The third-order valence-corrected chi connectivity index (χ3v) is 8.64. The van der Waals surface area contributed by atoms with Gasteiger partial charge in [0.05, 0.1) is 43.0 Å². The van der Waals surface area contributed by atoms with E-state index in [4.69, 9.17) is 9.47 Å². The molecule has 3 fully saturated rings. The predicted octanol–water partition coefficient (Wildman–Crippen LogP) is 2.17. The third-order valence-electron chi connectivity index (χ3n) is 8.64. The molecule has 10 nitrogen and oxygen atoms in total. The van der Waals surface area contributed by atoms with Crippen molar-refractivity contribution in [1.29, 1.82) is 0 Å². The SMILES string of the molecule is C=CCN1C(=O)[C@]2(O[C@H](CC(=O)N3CCC[C@H]3CO)[C@@H](C(C)(C)O)[C@@H]2C)c2cc(N3CCOC3=O)ccc21. The Bertz CT molecular complexity index is 1150. The number of rotatable bonds is 7. The van der Waals surface area contributed by atoms with Gasteiger partial charge in [0.15, 0.2) is 5.60 Å². The summed E-state index contributed by atoms with van der Waals surface area (Å²) >= 11 is 0. The monoisotopic (exact) mass is 527 g/mol. The second-order valence-corrected chi connectivity index (χ2v) is 11.3. The number of carbonyl (C=O) groups is 3. The summed E-state index contributed by atoms with van der Waals surface area (Å²) < 4.78 is 11.8. The van der Waals surface area contributed by atoms with Crippen LogP contribution in [-0.4, -0.2) is 83.6 Å². The van der Waals surface area contributed by atoms with Gasteiger partial charge in [0, 0.05) is 36.2 Å². The fourth-order valence-corrected chi connectivity index (χ4v) is 7.01. The first-order valence-corrected chi connectivity index (χ1v) is 13.4. The topological polar surface area (TPSA) is 120 Å². The fourth-order valence-electron chi connectivity index (χ4n) is 7.01. The van der Waals surface area contributed by atoms with E-state index in [1.54, 1.807) is 47.9 Å². The van der Waals surface area contributed by atoms with E-state index >= 15 is 0 Å². The van der Waals surface area contributed by atoms with Crippen molar-refractivity contribution in [3.05, 3.63) is 36.4 Å². The lowest BCUT2D eigenvalue weighted by atomic mass is 9.70. The van der Waals surface area contributed by atoms with Crippen molar-refractivity contribution < 1.29 is 34.1 Å². The van der Waals surface area contributed by atoms with Gasteiger partial charge in [-0.2, -0.15) is 0 Å². The first-order valence-electron chi connectivity index (χ1n) is 13.4. The number of benzene rings is 1. The van der Waals surface area contributed by atoms with Crippen LogP contribution in [0, 0.1) is 11.8 Å². The lowest BCUT2D eigenvalue weighted by Crippen LogP contribution is -2.46. The number of aliphatic hydroxyl groups excluding tert-OH is 1. The van der Waals surface area contributed by atoms with E-state index in [-0.39, 0.29) is 44.0 Å². The Labute approximate surface area is 222 Å². The molecule has 2 N–H and O–H groups in total. The zero-order valence-corrected chi connectivity index (χ0v) is 22.3. The highest BCUT2D eigenvalue weighted by molar-refractivity contribution is 6.08. The summed E-state index contributed by atoms with van der Waals surface area (Å²) in [7, 11) is 0. The second kappa shape index (κ2) is 9.66. The molecule has 0 unspecified atom stereocenters. The molecule has 1 aromatic carbocycles. The van der Waals surface area contributed by atoms with Gasteiger partial charge in [0.25, 0.3) is 5.91 Å². The number of amides is 3. The van der Waals surface area contributed by atoms with E-state index in [1.165, 1.54) is 4.90 Å². The van der Waals surface area contributed by atoms with Crippen molar-refractivity contribution in [2.75, 3.05) is 42.6 Å². The first-order chi connectivity index (χ1) is 18.0. The van der Waals surface area contributed by atoms with Crippen LogP contribution in [0.4, 0.5) is 16.2 Å². The summed E-state index contributed by atoms with van der Waals surface area (Å²) in [6.45, 7) is 10.5. The first kappa shape index (κ1) is 26.6. The van der Waals surface area contributed by atoms with Crippen LogP contribution in [0.3, 0.4) is 0 Å². The molecule has 0 aromatic heterocycles. The number of hydrogen-bond acceptors (Lipinski definition) is 7. The number of aliphatic hydroxyl groups is 2. The van der Waals surface area contributed by atoms with Gasteiger partial charge in [-0.05, 0) is 44.9 Å². The molecular weight excluding hydrogens is 490 g/mol. The van der Waals surface area contributed by atoms with Crippen LogP contribution >= 0.6 is 0 Å². The minimum Gasteiger partial charge on any atom is -0.447 e. The number of ether oxygens (including phenoxy) is 2. The molecule has 3 amide bonds. The summed E-state index contributed by atoms with van der Waals surface area (Å²) in [5.74, 6) is -1.47. The summed E-state index contributed by atoms with van der Waals surface area (Å²) in [4.78, 5) is 44.7. The van der Waals surface area contributed by atoms with Gasteiger partial charge in [-0.15, -0.1) is 6.58 Å². The highest BCUT2D eigenvalue weighted by atomic mass is 16.6. The molecule has 0 bridgehead atoms. The minimum atomic E-state index is -1.45. The molecule has 0 aliphatic carbocycles. The molecule has 5 atom stereocenters. The maximum atomic E-state index is 14.2. The maximum absolute atomic E-state index is 14.2. The molecule has 5 rings (SSSR count). The van der Waals surface area contributed by atoms with Gasteiger partial charge in [0.1, 0.15) is 6.61 Å². The molecule has 1 aromatic rings. The zero-order chi connectivity index (χ0) is 27.4. The Morgan fingerprint density at radius 2 is 2.05 bits per heavy atom. The van der Waals surface area contributed by atoms with Crippen LogP contribution in [0.15, 0.2) is 30.9 Å². The van der Waals surface area contributed by atoms with E-state index < -0.39 is 35.2 Å². The molecule has 4 aliphatic heterocycles. The van der Waals surface area contributed by atoms with E-state index in [1.807, 2.05) is 6.92 Å². The summed E-state index contributed by atoms with van der Waals surface area (Å²) in [6, 6.07) is 5.16. The molecule has 0 radical (unpaired) electrons. The fraction of sp³-hybridized carbons (Fsp3) is 0.607. The summed E-state index contributed by atoms with van der Waals surface area (Å²) in [5.41, 5.74) is -0.851. The number of cyclic esters (lactones) is 1.